The van der Waals surface area contributed by atoms with Gasteiger partial charge in [0.2, 0.25) is 0 Å². The minimum absolute atomic E-state index is 0.296. The lowest BCUT2D eigenvalue weighted by Gasteiger charge is -2.10. The molecule has 104 valence electrons. The van der Waals surface area contributed by atoms with E-state index >= 15 is 0 Å². The summed E-state index contributed by atoms with van der Waals surface area (Å²) in [4.78, 5) is 4.21. The van der Waals surface area contributed by atoms with Gasteiger partial charge in [0.05, 0.1) is 24.3 Å². The topological polar surface area (TPSA) is 47.3 Å². The van der Waals surface area contributed by atoms with Gasteiger partial charge in [0.15, 0.2) is 0 Å². The van der Waals surface area contributed by atoms with Crippen molar-refractivity contribution in [1.29, 1.82) is 0 Å². The Morgan fingerprint density at radius 1 is 1.30 bits per heavy atom. The molecule has 0 unspecified atom stereocenters. The summed E-state index contributed by atoms with van der Waals surface area (Å²) in [5.74, 6) is 0.876. The fourth-order valence-electron chi connectivity index (χ4n) is 2.94. The van der Waals surface area contributed by atoms with E-state index in [1.807, 2.05) is 24.7 Å². The molecule has 1 aromatic heterocycles. The molecule has 1 fully saturated rings. The van der Waals surface area contributed by atoms with Crippen molar-refractivity contribution in [2.75, 3.05) is 0 Å². The Morgan fingerprint density at radius 2 is 2.20 bits per heavy atom. The van der Waals surface area contributed by atoms with Crippen LogP contribution in [0.3, 0.4) is 0 Å². The van der Waals surface area contributed by atoms with E-state index in [1.54, 1.807) is 0 Å². The highest BCUT2D eigenvalue weighted by atomic mass is 16.5. The van der Waals surface area contributed by atoms with Crippen LogP contribution in [0.1, 0.15) is 48.2 Å². The first-order chi connectivity index (χ1) is 9.81. The molecule has 1 atom stereocenters. The molecule has 20 heavy (non-hydrogen) atoms. The maximum atomic E-state index is 9.80. The molecule has 1 aromatic carbocycles. The third-order valence-corrected chi connectivity index (χ3v) is 4.23. The van der Waals surface area contributed by atoms with Crippen molar-refractivity contribution in [3.63, 3.8) is 0 Å². The molecule has 4 nitrogen and oxygen atoms in total. The van der Waals surface area contributed by atoms with E-state index in [0.29, 0.717) is 12.6 Å². The molecule has 1 heterocycles. The summed E-state index contributed by atoms with van der Waals surface area (Å²) in [6.45, 7) is 0.553. The number of fused-ring (bicyclic) bond motifs is 1. The van der Waals surface area contributed by atoms with Crippen molar-refractivity contribution in [1.82, 2.24) is 9.55 Å². The number of hydrogen-bond acceptors (Lipinski definition) is 3. The highest BCUT2D eigenvalue weighted by Crippen LogP contribution is 2.36. The first-order valence-corrected chi connectivity index (χ1v) is 7.25. The van der Waals surface area contributed by atoms with Gasteiger partial charge in [0.25, 0.3) is 0 Å². The molecule has 1 saturated carbocycles. The Labute approximate surface area is 118 Å². The van der Waals surface area contributed by atoms with Crippen LogP contribution in [0.15, 0.2) is 30.7 Å². The Bertz CT molecular complexity index is 631. The minimum Gasteiger partial charge on any atom is -0.487 e. The molecule has 0 bridgehead atoms. The van der Waals surface area contributed by atoms with Gasteiger partial charge in [-0.1, -0.05) is 6.07 Å². The van der Waals surface area contributed by atoms with Gasteiger partial charge in [-0.2, -0.15) is 0 Å². The summed E-state index contributed by atoms with van der Waals surface area (Å²) in [6.07, 6.45) is 7.75. The van der Waals surface area contributed by atoms with Crippen LogP contribution in [0.25, 0.3) is 0 Å². The summed E-state index contributed by atoms with van der Waals surface area (Å²) in [6, 6.07) is 6.63. The first kappa shape index (κ1) is 12.0. The Kier molecular flexibility index (Phi) is 2.77. The number of imidazole rings is 1. The smallest absolute Gasteiger partial charge is 0.130 e. The standard InChI is InChI=1S/C16H18N2O2/c19-16-6-1-11-7-14(4-5-15(11)16)20-9-13-8-17-10-18(13)12-2-3-12/h4-5,7-8,10,12,16,19H,1-3,6,9H2/t16-/m1/s1. The number of aryl methyl sites for hydroxylation is 1. The van der Waals surface area contributed by atoms with Gasteiger partial charge in [-0.25, -0.2) is 4.98 Å². The third-order valence-electron chi connectivity index (χ3n) is 4.23. The monoisotopic (exact) mass is 270 g/mol. The van der Waals surface area contributed by atoms with Gasteiger partial charge in [0.1, 0.15) is 12.4 Å². The summed E-state index contributed by atoms with van der Waals surface area (Å²) in [7, 11) is 0. The predicted molar refractivity (Wildman–Crippen MR) is 74.6 cm³/mol. The largest absolute Gasteiger partial charge is 0.487 e. The molecule has 4 heteroatoms. The molecule has 2 aromatic rings. The predicted octanol–water partition coefficient (Wildman–Crippen LogP) is 2.78. The molecular weight excluding hydrogens is 252 g/mol. The minimum atomic E-state index is -0.296. The quantitative estimate of drug-likeness (QED) is 0.929. The number of aromatic nitrogens is 2. The highest BCUT2D eigenvalue weighted by molar-refractivity contribution is 5.39. The molecule has 4 rings (SSSR count). The molecule has 0 spiro atoms. The van der Waals surface area contributed by atoms with E-state index < -0.39 is 0 Å². The van der Waals surface area contributed by atoms with Crippen LogP contribution < -0.4 is 4.74 Å². The van der Waals surface area contributed by atoms with Crippen molar-refractivity contribution in [3.05, 3.63) is 47.5 Å². The summed E-state index contributed by atoms with van der Waals surface area (Å²) >= 11 is 0. The Balaban J connectivity index is 1.48. The molecule has 2 aliphatic carbocycles. The third kappa shape index (κ3) is 2.10. The van der Waals surface area contributed by atoms with Crippen molar-refractivity contribution < 1.29 is 9.84 Å². The van der Waals surface area contributed by atoms with E-state index in [0.717, 1.165) is 29.8 Å². The van der Waals surface area contributed by atoms with E-state index in [2.05, 4.69) is 15.6 Å². The molecule has 2 aliphatic rings. The fraction of sp³-hybridized carbons (Fsp3) is 0.438. The molecule has 0 amide bonds. The number of rotatable bonds is 4. The van der Waals surface area contributed by atoms with Crippen LogP contribution >= 0.6 is 0 Å². The van der Waals surface area contributed by atoms with E-state index in [1.165, 1.54) is 18.4 Å². The van der Waals surface area contributed by atoms with Crippen molar-refractivity contribution >= 4 is 0 Å². The Morgan fingerprint density at radius 3 is 3.05 bits per heavy atom. The second-order valence-corrected chi connectivity index (χ2v) is 5.73. The van der Waals surface area contributed by atoms with Crippen molar-refractivity contribution in [2.24, 2.45) is 0 Å². The van der Waals surface area contributed by atoms with Crippen LogP contribution in [0, 0.1) is 0 Å². The lowest BCUT2D eigenvalue weighted by atomic mass is 10.1. The van der Waals surface area contributed by atoms with E-state index in [4.69, 9.17) is 4.74 Å². The van der Waals surface area contributed by atoms with Crippen LogP contribution in [-0.2, 0) is 13.0 Å². The molecule has 0 radical (unpaired) electrons. The second kappa shape index (κ2) is 4.63. The second-order valence-electron chi connectivity index (χ2n) is 5.73. The number of nitrogens with zero attached hydrogens (tertiary/aromatic N) is 2. The van der Waals surface area contributed by atoms with Crippen LogP contribution in [0.5, 0.6) is 5.75 Å². The zero-order valence-electron chi connectivity index (χ0n) is 11.3. The highest BCUT2D eigenvalue weighted by Gasteiger charge is 2.25. The van der Waals surface area contributed by atoms with E-state index in [9.17, 15) is 5.11 Å². The molecule has 0 aliphatic heterocycles. The zero-order chi connectivity index (χ0) is 13.5. The SMILES string of the molecule is O[C@@H]1CCc2cc(OCc3cncn3C3CC3)ccc21. The maximum absolute atomic E-state index is 9.80. The maximum Gasteiger partial charge on any atom is 0.130 e. The van der Waals surface area contributed by atoms with Crippen LogP contribution in [0.2, 0.25) is 0 Å². The number of aliphatic hydroxyl groups is 1. The van der Waals surface area contributed by atoms with Gasteiger partial charge < -0.3 is 14.4 Å². The molecule has 0 saturated heterocycles. The number of aliphatic hydroxyl groups excluding tert-OH is 1. The number of benzene rings is 1. The molecule has 1 N–H and O–H groups in total. The van der Waals surface area contributed by atoms with Gasteiger partial charge in [0, 0.05) is 6.04 Å². The molecular formula is C16H18N2O2. The normalized spacial score (nSPS) is 20.9. The lowest BCUT2D eigenvalue weighted by molar-refractivity contribution is 0.180. The Hall–Kier alpha value is -1.81. The van der Waals surface area contributed by atoms with Gasteiger partial charge in [-0.15, -0.1) is 0 Å². The van der Waals surface area contributed by atoms with Gasteiger partial charge in [-0.3, -0.25) is 0 Å². The first-order valence-electron chi connectivity index (χ1n) is 7.25. The van der Waals surface area contributed by atoms with Crippen LogP contribution in [-0.4, -0.2) is 14.7 Å². The number of ether oxygens (including phenoxy) is 1. The zero-order valence-corrected chi connectivity index (χ0v) is 11.3. The van der Waals surface area contributed by atoms with E-state index in [-0.39, 0.29) is 6.10 Å². The lowest BCUT2D eigenvalue weighted by Crippen LogP contribution is -2.04. The van der Waals surface area contributed by atoms with Gasteiger partial charge in [-0.05, 0) is 48.9 Å². The average Bonchev–Trinajstić information content (AvgIpc) is 3.09. The summed E-state index contributed by atoms with van der Waals surface area (Å²) < 4.78 is 8.11. The number of hydrogen-bond donors (Lipinski definition) is 1. The summed E-state index contributed by atoms with van der Waals surface area (Å²) in [5, 5.41) is 9.80. The van der Waals surface area contributed by atoms with Crippen molar-refractivity contribution in [2.45, 2.75) is 44.4 Å². The average molecular weight is 270 g/mol. The van der Waals surface area contributed by atoms with Crippen LogP contribution in [0.4, 0.5) is 0 Å². The summed E-state index contributed by atoms with van der Waals surface area (Å²) in [5.41, 5.74) is 3.40. The van der Waals surface area contributed by atoms with Gasteiger partial charge >= 0.3 is 0 Å². The van der Waals surface area contributed by atoms with Crippen molar-refractivity contribution in [3.8, 4) is 5.75 Å². The fourth-order valence-corrected chi connectivity index (χ4v) is 2.94.